The van der Waals surface area contributed by atoms with E-state index in [2.05, 4.69) is 15.0 Å². The van der Waals surface area contributed by atoms with Gasteiger partial charge in [-0.2, -0.15) is 0 Å². The molecule has 0 radical (unpaired) electrons. The molecular weight excluding hydrogens is 426 g/mol. The molecule has 0 amide bonds. The Kier molecular flexibility index (Phi) is 2.63. The highest BCUT2D eigenvalue weighted by atomic mass is 35.5. The van der Waals surface area contributed by atoms with E-state index in [4.69, 9.17) is 28.1 Å². The summed E-state index contributed by atoms with van der Waals surface area (Å²) in [5.74, 6) is -0.805. The first kappa shape index (κ1) is 10.7. The van der Waals surface area contributed by atoms with Crippen LogP contribution in [0.2, 0.25) is 5.02 Å². The third-order valence-electron chi connectivity index (χ3n) is 4.94. The van der Waals surface area contributed by atoms with E-state index in [-0.39, 0.29) is 39.4 Å². The molecule has 0 aliphatic rings. The quantitative estimate of drug-likeness (QED) is 0.273. The van der Waals surface area contributed by atoms with Crippen molar-refractivity contribution in [1.29, 1.82) is 0 Å². The van der Waals surface area contributed by atoms with Gasteiger partial charge in [-0.05, 0) is 34.3 Å². The molecule has 0 bridgehead atoms. The molecular formula is C29H18ClN3. The maximum absolute atomic E-state index is 8.98. The Bertz CT molecular complexity index is 2250. The summed E-state index contributed by atoms with van der Waals surface area (Å²) in [6, 6.07) is 3.01. The van der Waals surface area contributed by atoms with Gasteiger partial charge in [0.2, 0.25) is 0 Å². The molecule has 0 unspecified atom stereocenters. The van der Waals surface area contributed by atoms with E-state index < -0.39 is 72.5 Å². The van der Waals surface area contributed by atoms with Gasteiger partial charge in [0.05, 0.1) is 16.4 Å². The van der Waals surface area contributed by atoms with Crippen molar-refractivity contribution in [2.75, 3.05) is 0 Å². The predicted molar refractivity (Wildman–Crippen MR) is 136 cm³/mol. The van der Waals surface area contributed by atoms with E-state index in [9.17, 15) is 0 Å². The molecule has 0 saturated heterocycles. The van der Waals surface area contributed by atoms with Crippen LogP contribution in [-0.2, 0) is 0 Å². The molecule has 6 rings (SSSR count). The van der Waals surface area contributed by atoms with E-state index in [1.165, 1.54) is 0 Å². The Labute approximate surface area is 213 Å². The average molecular weight is 456 g/mol. The van der Waals surface area contributed by atoms with Gasteiger partial charge in [0, 0.05) is 27.1 Å². The zero-order valence-electron chi connectivity index (χ0n) is 28.7. The highest BCUT2D eigenvalue weighted by Crippen LogP contribution is 2.33. The van der Waals surface area contributed by atoms with Crippen LogP contribution in [0.3, 0.4) is 0 Å². The SMILES string of the molecule is [2H]c1c([2H])c([2H])c(-c2nc(-c3c([2H])c([2H])c4c([2H])c([2H])c([2H])c([2H])c4c3[2H])nc(-c3ccc(Cl)c4ccccc34)n2)c([2H])c1[2H]. The molecule has 156 valence electrons. The second-order valence-electron chi connectivity index (χ2n) is 6.95. The number of hydrogen-bond donors (Lipinski definition) is 0. The van der Waals surface area contributed by atoms with Crippen LogP contribution in [0.1, 0.15) is 16.4 Å². The summed E-state index contributed by atoms with van der Waals surface area (Å²) in [5, 5.41) is 1.03. The number of halogens is 1. The predicted octanol–water partition coefficient (Wildman–Crippen LogP) is 7.83. The molecule has 0 aliphatic heterocycles. The summed E-state index contributed by atoms with van der Waals surface area (Å²) < 4.78 is 101. The third kappa shape index (κ3) is 3.63. The molecule has 3 nitrogen and oxygen atoms in total. The van der Waals surface area contributed by atoms with Crippen LogP contribution in [0, 0.1) is 0 Å². The highest BCUT2D eigenvalue weighted by molar-refractivity contribution is 6.36. The largest absolute Gasteiger partial charge is 0.208 e. The molecule has 0 atom stereocenters. The minimum Gasteiger partial charge on any atom is -0.208 e. The van der Waals surface area contributed by atoms with Gasteiger partial charge in [0.25, 0.3) is 0 Å². The molecule has 0 saturated carbocycles. The Hall–Kier alpha value is -4.08. The fourth-order valence-corrected chi connectivity index (χ4v) is 3.66. The van der Waals surface area contributed by atoms with E-state index in [0.29, 0.717) is 21.4 Å². The van der Waals surface area contributed by atoms with Crippen LogP contribution in [0.25, 0.3) is 55.7 Å². The van der Waals surface area contributed by atoms with Crippen molar-refractivity contribution in [3.05, 3.63) is 114 Å². The smallest absolute Gasteiger partial charge is 0.164 e. The summed E-state index contributed by atoms with van der Waals surface area (Å²) in [6.07, 6.45) is 0. The first-order chi connectivity index (χ1) is 21.3. The van der Waals surface area contributed by atoms with Crippen LogP contribution < -0.4 is 0 Å². The molecule has 0 aliphatic carbocycles. The zero-order chi connectivity index (χ0) is 32.6. The van der Waals surface area contributed by atoms with Crippen molar-refractivity contribution in [2.24, 2.45) is 0 Å². The Morgan fingerprint density at radius 1 is 0.576 bits per heavy atom. The third-order valence-corrected chi connectivity index (χ3v) is 5.27. The van der Waals surface area contributed by atoms with Crippen LogP contribution in [0.4, 0.5) is 0 Å². The lowest BCUT2D eigenvalue weighted by Gasteiger charge is -2.11. The molecule has 1 aromatic heterocycles. The number of fused-ring (bicyclic) bond motifs is 2. The normalized spacial score (nSPS) is 16.3. The molecule has 33 heavy (non-hydrogen) atoms. The summed E-state index contributed by atoms with van der Waals surface area (Å²) in [7, 11) is 0. The number of nitrogens with zero attached hydrogens (tertiary/aromatic N) is 3. The molecule has 0 N–H and O–H groups in total. The number of benzene rings is 5. The van der Waals surface area contributed by atoms with Crippen LogP contribution in [-0.4, -0.2) is 15.0 Å². The number of rotatable bonds is 3. The van der Waals surface area contributed by atoms with Gasteiger partial charge >= 0.3 is 0 Å². The van der Waals surface area contributed by atoms with Gasteiger partial charge in [-0.1, -0.05) is 102 Å². The lowest BCUT2D eigenvalue weighted by atomic mass is 10.0. The van der Waals surface area contributed by atoms with E-state index in [0.717, 1.165) is 0 Å². The molecule has 4 heteroatoms. The van der Waals surface area contributed by atoms with Gasteiger partial charge < -0.3 is 0 Å². The number of aromatic nitrogens is 3. The molecule has 5 aromatic carbocycles. The summed E-state index contributed by atoms with van der Waals surface area (Å²) in [6.45, 7) is 0. The molecule has 6 aromatic rings. The van der Waals surface area contributed by atoms with Gasteiger partial charge in [-0.3, -0.25) is 0 Å². The first-order valence-corrected chi connectivity index (χ1v) is 10.1. The van der Waals surface area contributed by atoms with Crippen molar-refractivity contribution in [3.8, 4) is 34.2 Å². The molecule has 1 heterocycles. The summed E-state index contributed by atoms with van der Waals surface area (Å²) in [4.78, 5) is 13.4. The van der Waals surface area contributed by atoms with E-state index in [1.807, 2.05) is 0 Å². The minimum atomic E-state index is -0.635. The summed E-state index contributed by atoms with van der Waals surface area (Å²) in [5.41, 5.74) is -0.330. The maximum atomic E-state index is 8.98. The van der Waals surface area contributed by atoms with Crippen LogP contribution >= 0.6 is 11.6 Å². The maximum Gasteiger partial charge on any atom is 0.164 e. The Morgan fingerprint density at radius 2 is 1.24 bits per heavy atom. The average Bonchev–Trinajstić information content (AvgIpc) is 3.03. The standard InChI is InChI=1S/C29H18ClN3/c30-26-17-16-25(23-12-6-7-13-24(23)26)29-32-27(20-9-2-1-3-10-20)31-28(33-29)22-15-14-19-8-4-5-11-21(19)18-22/h1-18H/i1D,2D,3D,4D,5D,8D,9D,10D,11D,14D,15D,18D. The minimum absolute atomic E-state index is 0.0601. The van der Waals surface area contributed by atoms with E-state index in [1.54, 1.807) is 36.4 Å². The van der Waals surface area contributed by atoms with Crippen molar-refractivity contribution in [2.45, 2.75) is 0 Å². The van der Waals surface area contributed by atoms with E-state index >= 15 is 0 Å². The van der Waals surface area contributed by atoms with Gasteiger partial charge in [-0.25, -0.2) is 15.0 Å². The Balaban J connectivity index is 1.78. The monoisotopic (exact) mass is 455 g/mol. The zero-order valence-corrected chi connectivity index (χ0v) is 17.4. The van der Waals surface area contributed by atoms with Crippen molar-refractivity contribution in [1.82, 2.24) is 15.0 Å². The fraction of sp³-hybridized carbons (Fsp3) is 0. The van der Waals surface area contributed by atoms with Crippen LogP contribution in [0.5, 0.6) is 0 Å². The first-order valence-electron chi connectivity index (χ1n) is 15.8. The van der Waals surface area contributed by atoms with Crippen molar-refractivity contribution >= 4 is 33.1 Å². The summed E-state index contributed by atoms with van der Waals surface area (Å²) >= 11 is 6.43. The lowest BCUT2D eigenvalue weighted by molar-refractivity contribution is 1.08. The fourth-order valence-electron chi connectivity index (χ4n) is 3.43. The lowest BCUT2D eigenvalue weighted by Crippen LogP contribution is -2.00. The van der Waals surface area contributed by atoms with Gasteiger partial charge in [0.15, 0.2) is 17.5 Å². The van der Waals surface area contributed by atoms with Gasteiger partial charge in [0.1, 0.15) is 0 Å². The highest BCUT2D eigenvalue weighted by Gasteiger charge is 2.15. The molecule has 0 spiro atoms. The second-order valence-corrected chi connectivity index (χ2v) is 7.35. The topological polar surface area (TPSA) is 38.7 Å². The molecule has 0 fully saturated rings. The second kappa shape index (κ2) is 8.12. The van der Waals surface area contributed by atoms with Gasteiger partial charge in [-0.15, -0.1) is 0 Å². The number of hydrogen-bond acceptors (Lipinski definition) is 3. The van der Waals surface area contributed by atoms with Crippen molar-refractivity contribution in [3.63, 3.8) is 0 Å². The van der Waals surface area contributed by atoms with Crippen molar-refractivity contribution < 1.29 is 16.4 Å². The Morgan fingerprint density at radius 3 is 2.06 bits per heavy atom. The van der Waals surface area contributed by atoms with Crippen LogP contribution in [0.15, 0.2) is 109 Å².